The van der Waals surface area contributed by atoms with Gasteiger partial charge in [0.2, 0.25) is 0 Å². The zero-order valence-electron chi connectivity index (χ0n) is 17.3. The number of benzene rings is 2. The first kappa shape index (κ1) is 20.1. The van der Waals surface area contributed by atoms with Crippen molar-refractivity contribution in [3.05, 3.63) is 65.2 Å². The summed E-state index contributed by atoms with van der Waals surface area (Å²) in [5, 5.41) is 3.42. The second-order valence-electron chi connectivity index (χ2n) is 8.31. The highest BCUT2D eigenvalue weighted by molar-refractivity contribution is 5.90. The molecule has 0 radical (unpaired) electrons. The van der Waals surface area contributed by atoms with E-state index in [9.17, 15) is 4.79 Å². The summed E-state index contributed by atoms with van der Waals surface area (Å²) >= 11 is 0. The fourth-order valence-corrected chi connectivity index (χ4v) is 4.55. The Morgan fingerprint density at radius 3 is 2.66 bits per heavy atom. The molecule has 0 amide bonds. The molecule has 2 fully saturated rings. The second kappa shape index (κ2) is 9.08. The summed E-state index contributed by atoms with van der Waals surface area (Å²) < 4.78 is 0. The van der Waals surface area contributed by atoms with Crippen molar-refractivity contribution in [2.75, 3.05) is 44.2 Å². The highest BCUT2D eigenvalue weighted by Crippen LogP contribution is 2.32. The number of Topliss-reactive ketones (excluding diaryl/α,β-unsaturated/α-hetero) is 1. The molecule has 5 nitrogen and oxygen atoms in total. The third kappa shape index (κ3) is 4.53. The number of carbonyl (C=O) groups is 1. The van der Waals surface area contributed by atoms with E-state index < -0.39 is 0 Å². The van der Waals surface area contributed by atoms with Gasteiger partial charge in [0.25, 0.3) is 0 Å². The molecular weight excluding hydrogens is 360 g/mol. The number of likely N-dealkylation sites (tertiary alicyclic amines) is 1. The van der Waals surface area contributed by atoms with Gasteiger partial charge in [0, 0.05) is 25.3 Å². The summed E-state index contributed by atoms with van der Waals surface area (Å²) in [6.07, 6.45) is 2.40. The molecule has 5 heteroatoms. The predicted molar refractivity (Wildman–Crippen MR) is 118 cm³/mol. The van der Waals surface area contributed by atoms with Crippen LogP contribution < -0.4 is 16.0 Å². The number of piperazine rings is 1. The van der Waals surface area contributed by atoms with Gasteiger partial charge in [-0.25, -0.2) is 0 Å². The van der Waals surface area contributed by atoms with Gasteiger partial charge in [-0.2, -0.15) is 0 Å². The summed E-state index contributed by atoms with van der Waals surface area (Å²) in [5.74, 6) is 0.305. The third-order valence-corrected chi connectivity index (χ3v) is 6.18. The number of nitrogens with one attached hydrogen (secondary N) is 1. The molecule has 3 N–H and O–H groups in total. The maximum absolute atomic E-state index is 13.2. The van der Waals surface area contributed by atoms with Crippen LogP contribution in [0.25, 0.3) is 0 Å². The largest absolute Gasteiger partial charge is 0.359 e. The molecule has 0 saturated carbocycles. The third-order valence-electron chi connectivity index (χ3n) is 6.18. The molecule has 2 unspecified atom stereocenters. The van der Waals surface area contributed by atoms with Crippen LogP contribution in [0.5, 0.6) is 0 Å². The number of hydrogen-bond acceptors (Lipinski definition) is 5. The van der Waals surface area contributed by atoms with Crippen LogP contribution in [0.2, 0.25) is 0 Å². The van der Waals surface area contributed by atoms with Gasteiger partial charge < -0.3 is 16.0 Å². The van der Waals surface area contributed by atoms with Crippen LogP contribution in [0.15, 0.2) is 48.5 Å². The molecule has 2 aliphatic heterocycles. The molecule has 0 aliphatic carbocycles. The lowest BCUT2D eigenvalue weighted by molar-refractivity contribution is -0.121. The standard InChI is InChI=1S/C24H32N4O/c1-18-9-10-20(24(25)19-7-3-2-4-8-19)21(15-18)28-14-11-26-16-22(28)23(29)17-27-12-5-6-13-27/h2-4,7-10,15,22,24,26H,5-6,11-14,16-17,25H2,1H3. The molecule has 0 spiro atoms. The van der Waals surface area contributed by atoms with E-state index in [1.807, 2.05) is 18.2 Å². The zero-order valence-corrected chi connectivity index (χ0v) is 17.3. The van der Waals surface area contributed by atoms with E-state index in [1.54, 1.807) is 0 Å². The maximum Gasteiger partial charge on any atom is 0.170 e. The molecule has 2 aromatic carbocycles. The van der Waals surface area contributed by atoms with Crippen molar-refractivity contribution >= 4 is 11.5 Å². The molecule has 2 aliphatic rings. The van der Waals surface area contributed by atoms with Crippen LogP contribution >= 0.6 is 0 Å². The quantitative estimate of drug-likeness (QED) is 0.791. The van der Waals surface area contributed by atoms with E-state index in [1.165, 1.54) is 18.4 Å². The van der Waals surface area contributed by atoms with Gasteiger partial charge in [-0.15, -0.1) is 0 Å². The van der Waals surface area contributed by atoms with E-state index in [4.69, 9.17) is 5.73 Å². The predicted octanol–water partition coefficient (Wildman–Crippen LogP) is 2.49. The molecule has 154 valence electrons. The first-order valence-electron chi connectivity index (χ1n) is 10.8. The average Bonchev–Trinajstić information content (AvgIpc) is 3.27. The number of aryl methyl sites for hydroxylation is 1. The van der Waals surface area contributed by atoms with Crippen LogP contribution in [-0.2, 0) is 4.79 Å². The lowest BCUT2D eigenvalue weighted by atomic mass is 9.94. The highest BCUT2D eigenvalue weighted by atomic mass is 16.1. The van der Waals surface area contributed by atoms with Gasteiger partial charge in [-0.1, -0.05) is 42.5 Å². The highest BCUT2D eigenvalue weighted by Gasteiger charge is 2.32. The second-order valence-corrected chi connectivity index (χ2v) is 8.31. The summed E-state index contributed by atoms with van der Waals surface area (Å²) in [6, 6.07) is 16.3. The van der Waals surface area contributed by atoms with Crippen LogP contribution in [0.4, 0.5) is 5.69 Å². The first-order valence-corrected chi connectivity index (χ1v) is 10.8. The molecule has 2 saturated heterocycles. The summed E-state index contributed by atoms with van der Waals surface area (Å²) in [4.78, 5) is 17.8. The first-order chi connectivity index (χ1) is 14.1. The molecule has 4 rings (SSSR count). The Balaban J connectivity index is 1.64. The average molecular weight is 393 g/mol. The lowest BCUT2D eigenvalue weighted by Crippen LogP contribution is -2.57. The number of rotatable bonds is 6. The van der Waals surface area contributed by atoms with Crippen molar-refractivity contribution in [3.63, 3.8) is 0 Å². The number of carbonyl (C=O) groups excluding carboxylic acids is 1. The normalized spacial score (nSPS) is 21.3. The summed E-state index contributed by atoms with van der Waals surface area (Å²) in [6.45, 7) is 7.12. The summed E-state index contributed by atoms with van der Waals surface area (Å²) in [5.41, 5.74) is 11.2. The van der Waals surface area contributed by atoms with Gasteiger partial charge in [0.1, 0.15) is 6.04 Å². The molecule has 2 atom stereocenters. The Kier molecular flexibility index (Phi) is 6.28. The fraction of sp³-hybridized carbons (Fsp3) is 0.458. The monoisotopic (exact) mass is 392 g/mol. The van der Waals surface area contributed by atoms with Crippen LogP contribution in [0, 0.1) is 6.92 Å². The molecule has 0 bridgehead atoms. The van der Waals surface area contributed by atoms with Gasteiger partial charge in [0.05, 0.1) is 12.6 Å². The van der Waals surface area contributed by atoms with Crippen molar-refractivity contribution in [2.24, 2.45) is 5.73 Å². The van der Waals surface area contributed by atoms with E-state index in [-0.39, 0.29) is 12.1 Å². The number of anilines is 1. The Morgan fingerprint density at radius 1 is 1.14 bits per heavy atom. The number of hydrogen-bond donors (Lipinski definition) is 2. The number of ketones is 1. The van der Waals surface area contributed by atoms with Gasteiger partial charge in [0.15, 0.2) is 5.78 Å². The minimum absolute atomic E-state index is 0.145. The number of nitrogens with zero attached hydrogens (tertiary/aromatic N) is 2. The summed E-state index contributed by atoms with van der Waals surface area (Å²) in [7, 11) is 0. The SMILES string of the molecule is Cc1ccc(C(N)c2ccccc2)c(N2CCNCC2C(=O)CN2CCCC2)c1. The van der Waals surface area contributed by atoms with Gasteiger partial charge in [-0.05, 0) is 55.6 Å². The van der Waals surface area contributed by atoms with E-state index in [2.05, 4.69) is 52.4 Å². The molecule has 29 heavy (non-hydrogen) atoms. The molecular formula is C24H32N4O. The van der Waals surface area contributed by atoms with Crippen molar-refractivity contribution in [1.29, 1.82) is 0 Å². The Hall–Kier alpha value is -2.21. The Bertz CT molecular complexity index is 832. The molecule has 0 aromatic heterocycles. The molecule has 2 aromatic rings. The van der Waals surface area contributed by atoms with Crippen molar-refractivity contribution < 1.29 is 4.79 Å². The van der Waals surface area contributed by atoms with Crippen molar-refractivity contribution in [2.45, 2.75) is 31.8 Å². The Morgan fingerprint density at radius 2 is 1.90 bits per heavy atom. The van der Waals surface area contributed by atoms with Gasteiger partial charge in [-0.3, -0.25) is 9.69 Å². The number of nitrogens with two attached hydrogens (primary N) is 1. The minimum Gasteiger partial charge on any atom is -0.359 e. The van der Waals surface area contributed by atoms with Crippen molar-refractivity contribution in [3.8, 4) is 0 Å². The zero-order chi connectivity index (χ0) is 20.2. The van der Waals surface area contributed by atoms with E-state index >= 15 is 0 Å². The van der Waals surface area contributed by atoms with Crippen LogP contribution in [0.1, 0.15) is 35.6 Å². The van der Waals surface area contributed by atoms with Crippen molar-refractivity contribution in [1.82, 2.24) is 10.2 Å². The minimum atomic E-state index is -0.212. The smallest absolute Gasteiger partial charge is 0.170 e. The van der Waals surface area contributed by atoms with Gasteiger partial charge >= 0.3 is 0 Å². The fourth-order valence-electron chi connectivity index (χ4n) is 4.55. The Labute approximate surface area is 173 Å². The maximum atomic E-state index is 13.2. The van der Waals surface area contributed by atoms with Crippen LogP contribution in [-0.4, -0.2) is 56.0 Å². The molecule has 2 heterocycles. The van der Waals surface area contributed by atoms with E-state index in [0.717, 1.165) is 43.0 Å². The topological polar surface area (TPSA) is 61.6 Å². The van der Waals surface area contributed by atoms with E-state index in [0.29, 0.717) is 18.9 Å². The van der Waals surface area contributed by atoms with Crippen LogP contribution in [0.3, 0.4) is 0 Å². The lowest BCUT2D eigenvalue weighted by Gasteiger charge is -2.39.